The molecule has 0 aliphatic heterocycles. The average molecular weight is 498 g/mol. The number of fused-ring (bicyclic) bond motifs is 1. The number of esters is 1. The van der Waals surface area contributed by atoms with E-state index in [1.165, 1.54) is 0 Å². The molecule has 0 aliphatic rings. The van der Waals surface area contributed by atoms with Gasteiger partial charge in [-0.25, -0.2) is 4.79 Å². The number of methoxy groups -OCH3 is 1. The number of hydrogen-bond acceptors (Lipinski definition) is 5. The van der Waals surface area contributed by atoms with E-state index in [2.05, 4.69) is 31.9 Å². The predicted octanol–water partition coefficient (Wildman–Crippen LogP) is 5.65. The first-order valence-corrected chi connectivity index (χ1v) is 9.84. The van der Waals surface area contributed by atoms with Crippen LogP contribution in [-0.4, -0.2) is 26.3 Å². The highest BCUT2D eigenvalue weighted by Gasteiger charge is 2.21. The first-order chi connectivity index (χ1) is 13.0. The molecule has 1 aromatic heterocycles. The summed E-state index contributed by atoms with van der Waals surface area (Å²) in [5.41, 5.74) is 2.02. The summed E-state index contributed by atoms with van der Waals surface area (Å²) in [4.78, 5) is 12.4. The summed E-state index contributed by atoms with van der Waals surface area (Å²) in [5.74, 6) is 0.682. The largest absolute Gasteiger partial charge is 0.488 e. The zero-order valence-corrected chi connectivity index (χ0v) is 18.1. The van der Waals surface area contributed by atoms with Crippen LogP contribution in [0.3, 0.4) is 0 Å². The highest BCUT2D eigenvalue weighted by Crippen LogP contribution is 2.35. The van der Waals surface area contributed by atoms with Crippen molar-refractivity contribution < 1.29 is 23.4 Å². The molecule has 0 aliphatic carbocycles. The van der Waals surface area contributed by atoms with Gasteiger partial charge in [0, 0.05) is 17.0 Å². The third kappa shape index (κ3) is 4.72. The van der Waals surface area contributed by atoms with Gasteiger partial charge in [-0.2, -0.15) is 0 Å². The van der Waals surface area contributed by atoms with E-state index in [-0.39, 0.29) is 6.61 Å². The SMILES string of the molecule is COCCOC(=O)c1c(C)oc2cc(Br)c(OCc3cccc(Br)c3)cc12. The minimum absolute atomic E-state index is 0.185. The fourth-order valence-electron chi connectivity index (χ4n) is 2.66. The molecule has 0 saturated carbocycles. The lowest BCUT2D eigenvalue weighted by Gasteiger charge is -2.09. The lowest BCUT2D eigenvalue weighted by molar-refractivity contribution is 0.0388. The summed E-state index contributed by atoms with van der Waals surface area (Å²) < 4.78 is 23.6. The molecule has 1 heterocycles. The van der Waals surface area contributed by atoms with Gasteiger partial charge in [-0.05, 0) is 52.7 Å². The molecule has 2 aromatic carbocycles. The molecule has 0 N–H and O–H groups in total. The van der Waals surface area contributed by atoms with E-state index in [0.29, 0.717) is 41.3 Å². The van der Waals surface area contributed by atoms with Gasteiger partial charge in [-0.1, -0.05) is 28.1 Å². The highest BCUT2D eigenvalue weighted by molar-refractivity contribution is 9.10. The van der Waals surface area contributed by atoms with Gasteiger partial charge in [-0.3, -0.25) is 0 Å². The fraction of sp³-hybridized carbons (Fsp3) is 0.250. The highest BCUT2D eigenvalue weighted by atomic mass is 79.9. The molecule has 0 spiro atoms. The van der Waals surface area contributed by atoms with E-state index in [9.17, 15) is 4.79 Å². The number of furan rings is 1. The van der Waals surface area contributed by atoms with Crippen molar-refractivity contribution in [1.29, 1.82) is 0 Å². The van der Waals surface area contributed by atoms with Crippen molar-refractivity contribution in [3.63, 3.8) is 0 Å². The third-order valence-electron chi connectivity index (χ3n) is 3.93. The third-order valence-corrected chi connectivity index (χ3v) is 5.04. The number of carbonyl (C=O) groups excluding carboxylic acids is 1. The Morgan fingerprint density at radius 2 is 1.96 bits per heavy atom. The van der Waals surface area contributed by atoms with Crippen molar-refractivity contribution in [2.24, 2.45) is 0 Å². The van der Waals surface area contributed by atoms with Crippen molar-refractivity contribution in [3.8, 4) is 5.75 Å². The minimum Gasteiger partial charge on any atom is -0.488 e. The van der Waals surface area contributed by atoms with Gasteiger partial charge >= 0.3 is 5.97 Å². The molecule has 0 bridgehead atoms. The molecule has 0 atom stereocenters. The average Bonchev–Trinajstić information content (AvgIpc) is 2.94. The Bertz CT molecular complexity index is 964. The first-order valence-electron chi connectivity index (χ1n) is 8.25. The first kappa shape index (κ1) is 19.9. The molecule has 5 nitrogen and oxygen atoms in total. The zero-order valence-electron chi connectivity index (χ0n) is 14.9. The molecule has 3 rings (SSSR count). The van der Waals surface area contributed by atoms with Crippen LogP contribution in [0.25, 0.3) is 11.0 Å². The number of carbonyl (C=O) groups is 1. The van der Waals surface area contributed by atoms with Crippen LogP contribution >= 0.6 is 31.9 Å². The van der Waals surface area contributed by atoms with E-state index >= 15 is 0 Å². The standard InChI is InChI=1S/C20H18Br2O5/c1-12-19(20(23)25-7-6-24-2)15-9-18(16(22)10-17(15)27-12)26-11-13-4-3-5-14(21)8-13/h3-5,8-10H,6-7,11H2,1-2H3. The second-order valence-electron chi connectivity index (χ2n) is 5.86. The lowest BCUT2D eigenvalue weighted by atomic mass is 10.1. The topological polar surface area (TPSA) is 57.9 Å². The molecule has 142 valence electrons. The second-order valence-corrected chi connectivity index (χ2v) is 7.63. The summed E-state index contributed by atoms with van der Waals surface area (Å²) in [6.45, 7) is 2.66. The Morgan fingerprint density at radius 3 is 2.70 bits per heavy atom. The van der Waals surface area contributed by atoms with Crippen molar-refractivity contribution in [1.82, 2.24) is 0 Å². The van der Waals surface area contributed by atoms with Crippen molar-refractivity contribution in [2.45, 2.75) is 13.5 Å². The Morgan fingerprint density at radius 1 is 1.15 bits per heavy atom. The van der Waals surface area contributed by atoms with Crippen molar-refractivity contribution in [3.05, 3.63) is 62.2 Å². The molecular formula is C20H18Br2O5. The number of benzene rings is 2. The van der Waals surface area contributed by atoms with Crippen LogP contribution in [-0.2, 0) is 16.1 Å². The van der Waals surface area contributed by atoms with Gasteiger partial charge in [0.05, 0.1) is 11.1 Å². The Labute approximate surface area is 173 Å². The molecule has 3 aromatic rings. The van der Waals surface area contributed by atoms with E-state index in [1.807, 2.05) is 24.3 Å². The van der Waals surface area contributed by atoms with Crippen LogP contribution in [0, 0.1) is 6.92 Å². The molecular weight excluding hydrogens is 480 g/mol. The van der Waals surface area contributed by atoms with Crippen LogP contribution in [0.1, 0.15) is 21.7 Å². The summed E-state index contributed by atoms with van der Waals surface area (Å²) in [6, 6.07) is 11.5. The van der Waals surface area contributed by atoms with Crippen LogP contribution in [0.4, 0.5) is 0 Å². The minimum atomic E-state index is -0.441. The lowest BCUT2D eigenvalue weighted by Crippen LogP contribution is -2.10. The van der Waals surface area contributed by atoms with Crippen molar-refractivity contribution >= 4 is 48.8 Å². The Balaban J connectivity index is 1.87. The van der Waals surface area contributed by atoms with E-state index in [1.54, 1.807) is 26.2 Å². The second kappa shape index (κ2) is 8.91. The maximum absolute atomic E-state index is 12.4. The smallest absolute Gasteiger partial charge is 0.342 e. The Kier molecular flexibility index (Phi) is 6.57. The van der Waals surface area contributed by atoms with Crippen LogP contribution in [0.15, 0.2) is 49.8 Å². The number of aryl methyl sites for hydroxylation is 1. The van der Waals surface area contributed by atoms with Crippen LogP contribution < -0.4 is 4.74 Å². The summed E-state index contributed by atoms with van der Waals surface area (Å²) in [5, 5.41) is 0.655. The van der Waals surface area contributed by atoms with Gasteiger partial charge in [0.2, 0.25) is 0 Å². The summed E-state index contributed by atoms with van der Waals surface area (Å²) in [7, 11) is 1.55. The molecule has 0 saturated heterocycles. The van der Waals surface area contributed by atoms with Gasteiger partial charge in [0.1, 0.15) is 35.9 Å². The van der Waals surface area contributed by atoms with E-state index in [0.717, 1.165) is 14.5 Å². The van der Waals surface area contributed by atoms with E-state index < -0.39 is 5.97 Å². The van der Waals surface area contributed by atoms with Gasteiger partial charge in [0.25, 0.3) is 0 Å². The zero-order chi connectivity index (χ0) is 19.4. The number of halogens is 2. The monoisotopic (exact) mass is 496 g/mol. The predicted molar refractivity (Wildman–Crippen MR) is 109 cm³/mol. The van der Waals surface area contributed by atoms with Crippen LogP contribution in [0.2, 0.25) is 0 Å². The normalized spacial score (nSPS) is 11.0. The molecule has 0 amide bonds. The van der Waals surface area contributed by atoms with Gasteiger partial charge in [0.15, 0.2) is 0 Å². The molecule has 27 heavy (non-hydrogen) atoms. The number of rotatable bonds is 7. The number of hydrogen-bond donors (Lipinski definition) is 0. The molecule has 0 unspecified atom stereocenters. The molecule has 7 heteroatoms. The maximum Gasteiger partial charge on any atom is 0.342 e. The maximum atomic E-state index is 12.4. The summed E-state index contributed by atoms with van der Waals surface area (Å²) in [6.07, 6.45) is 0. The number of ether oxygens (including phenoxy) is 3. The van der Waals surface area contributed by atoms with Crippen LogP contribution in [0.5, 0.6) is 5.75 Å². The quantitative estimate of drug-likeness (QED) is 0.312. The van der Waals surface area contributed by atoms with E-state index in [4.69, 9.17) is 18.6 Å². The Hall–Kier alpha value is -1.83. The molecule has 0 fully saturated rings. The van der Waals surface area contributed by atoms with Crippen molar-refractivity contribution in [2.75, 3.05) is 20.3 Å². The summed E-state index contributed by atoms with van der Waals surface area (Å²) >= 11 is 6.95. The van der Waals surface area contributed by atoms with Gasteiger partial charge < -0.3 is 18.6 Å². The molecule has 0 radical (unpaired) electrons. The van der Waals surface area contributed by atoms with Gasteiger partial charge in [-0.15, -0.1) is 0 Å². The fourth-order valence-corrected chi connectivity index (χ4v) is 3.55.